The van der Waals surface area contributed by atoms with Crippen molar-refractivity contribution < 1.29 is 8.42 Å². The lowest BCUT2D eigenvalue weighted by atomic mass is 9.87. The lowest BCUT2D eigenvalue weighted by Crippen LogP contribution is -2.56. The molecule has 0 aromatic heterocycles. The summed E-state index contributed by atoms with van der Waals surface area (Å²) in [6.07, 6.45) is 7.62. The Balaban J connectivity index is 2.17. The molecule has 2 heterocycles. The third-order valence-electron chi connectivity index (χ3n) is 4.08. The standard InChI is InChI=1S/C12H22N2O2S/c1-3-8-13-9-4-6-12(13)7-5-10-14(11-12)17(2,15)16/h3H,1,4-11H2,2H3/t12-/m1/s1. The summed E-state index contributed by atoms with van der Waals surface area (Å²) in [6, 6.07) is 0. The molecular formula is C12H22N2O2S. The molecule has 98 valence electrons. The number of hydrogen-bond acceptors (Lipinski definition) is 3. The van der Waals surface area contributed by atoms with Gasteiger partial charge in [0, 0.05) is 25.2 Å². The van der Waals surface area contributed by atoms with Gasteiger partial charge in [-0.1, -0.05) is 6.08 Å². The van der Waals surface area contributed by atoms with E-state index in [0.29, 0.717) is 13.1 Å². The highest BCUT2D eigenvalue weighted by Gasteiger charge is 2.44. The number of piperidine rings is 1. The Morgan fingerprint density at radius 2 is 1.94 bits per heavy atom. The minimum Gasteiger partial charge on any atom is -0.293 e. The molecule has 0 saturated carbocycles. The predicted octanol–water partition coefficient (Wildman–Crippen LogP) is 1.06. The minimum atomic E-state index is -3.05. The van der Waals surface area contributed by atoms with E-state index < -0.39 is 10.0 Å². The summed E-state index contributed by atoms with van der Waals surface area (Å²) in [6.45, 7) is 7.09. The first-order valence-corrected chi connectivity index (χ1v) is 8.14. The largest absolute Gasteiger partial charge is 0.293 e. The second-order valence-corrected chi connectivity index (χ2v) is 7.25. The monoisotopic (exact) mass is 258 g/mol. The number of sulfonamides is 1. The SMILES string of the molecule is C=CCN1CCC[C@]12CCCN(S(C)(=O)=O)C2. The third-order valence-corrected chi connectivity index (χ3v) is 5.33. The average molecular weight is 258 g/mol. The van der Waals surface area contributed by atoms with Gasteiger partial charge in [0.05, 0.1) is 6.26 Å². The fourth-order valence-electron chi connectivity index (χ4n) is 3.25. The summed E-state index contributed by atoms with van der Waals surface area (Å²) < 4.78 is 25.0. The van der Waals surface area contributed by atoms with Gasteiger partial charge in [-0.3, -0.25) is 4.90 Å². The van der Waals surface area contributed by atoms with Crippen molar-refractivity contribution in [1.29, 1.82) is 0 Å². The number of likely N-dealkylation sites (tertiary alicyclic amines) is 1. The van der Waals surface area contributed by atoms with Crippen molar-refractivity contribution in [3.63, 3.8) is 0 Å². The maximum Gasteiger partial charge on any atom is 0.211 e. The van der Waals surface area contributed by atoms with Crippen molar-refractivity contribution in [1.82, 2.24) is 9.21 Å². The first-order chi connectivity index (χ1) is 7.98. The zero-order valence-corrected chi connectivity index (χ0v) is 11.4. The van der Waals surface area contributed by atoms with Crippen molar-refractivity contribution in [2.45, 2.75) is 31.2 Å². The summed E-state index contributed by atoms with van der Waals surface area (Å²) in [5.41, 5.74) is 0.0789. The van der Waals surface area contributed by atoms with Crippen LogP contribution in [-0.4, -0.2) is 55.6 Å². The Morgan fingerprint density at radius 3 is 2.53 bits per heavy atom. The van der Waals surface area contributed by atoms with Gasteiger partial charge >= 0.3 is 0 Å². The molecule has 17 heavy (non-hydrogen) atoms. The molecule has 2 aliphatic heterocycles. The zero-order valence-electron chi connectivity index (χ0n) is 10.6. The smallest absolute Gasteiger partial charge is 0.211 e. The van der Waals surface area contributed by atoms with Gasteiger partial charge < -0.3 is 0 Å². The van der Waals surface area contributed by atoms with Crippen LogP contribution in [0.15, 0.2) is 12.7 Å². The molecule has 2 saturated heterocycles. The Kier molecular flexibility index (Phi) is 3.61. The quantitative estimate of drug-likeness (QED) is 0.711. The molecule has 0 aliphatic carbocycles. The fourth-order valence-corrected chi connectivity index (χ4v) is 4.19. The molecule has 4 nitrogen and oxygen atoms in total. The molecule has 2 rings (SSSR count). The van der Waals surface area contributed by atoms with Crippen LogP contribution in [0.4, 0.5) is 0 Å². The Bertz CT molecular complexity index is 393. The fraction of sp³-hybridized carbons (Fsp3) is 0.833. The molecule has 1 atom stereocenters. The number of nitrogens with zero attached hydrogens (tertiary/aromatic N) is 2. The van der Waals surface area contributed by atoms with Gasteiger partial charge in [0.1, 0.15) is 0 Å². The first kappa shape index (κ1) is 13.1. The van der Waals surface area contributed by atoms with Gasteiger partial charge in [0.25, 0.3) is 0 Å². The maximum atomic E-state index is 11.7. The second kappa shape index (κ2) is 4.71. The molecule has 2 fully saturated rings. The molecule has 0 amide bonds. The molecule has 5 heteroatoms. The summed E-state index contributed by atoms with van der Waals surface area (Å²) >= 11 is 0. The Morgan fingerprint density at radius 1 is 1.29 bits per heavy atom. The maximum absolute atomic E-state index is 11.7. The summed E-state index contributed by atoms with van der Waals surface area (Å²) in [4.78, 5) is 2.41. The van der Waals surface area contributed by atoms with E-state index in [-0.39, 0.29) is 5.54 Å². The van der Waals surface area contributed by atoms with Crippen molar-refractivity contribution in [2.24, 2.45) is 0 Å². The van der Waals surface area contributed by atoms with Crippen LogP contribution >= 0.6 is 0 Å². The highest BCUT2D eigenvalue weighted by Crippen LogP contribution is 2.37. The van der Waals surface area contributed by atoms with Gasteiger partial charge in [-0.05, 0) is 32.2 Å². The first-order valence-electron chi connectivity index (χ1n) is 6.29. The molecule has 0 bridgehead atoms. The summed E-state index contributed by atoms with van der Waals surface area (Å²) in [5, 5.41) is 0. The molecule has 0 aromatic rings. The van der Waals surface area contributed by atoms with Crippen LogP contribution in [0.5, 0.6) is 0 Å². The van der Waals surface area contributed by atoms with E-state index in [2.05, 4.69) is 11.5 Å². The molecule has 2 aliphatic rings. The summed E-state index contributed by atoms with van der Waals surface area (Å²) in [7, 11) is -3.05. The van der Waals surface area contributed by atoms with Gasteiger partial charge in [0.2, 0.25) is 10.0 Å². The predicted molar refractivity (Wildman–Crippen MR) is 69.4 cm³/mol. The van der Waals surface area contributed by atoms with Gasteiger partial charge in [-0.25, -0.2) is 12.7 Å². The lowest BCUT2D eigenvalue weighted by molar-refractivity contribution is 0.0844. The van der Waals surface area contributed by atoms with E-state index in [1.54, 1.807) is 4.31 Å². The van der Waals surface area contributed by atoms with Crippen molar-refractivity contribution >= 4 is 10.0 Å². The van der Waals surface area contributed by atoms with E-state index >= 15 is 0 Å². The van der Waals surface area contributed by atoms with Gasteiger partial charge in [-0.15, -0.1) is 6.58 Å². The third kappa shape index (κ3) is 2.56. The van der Waals surface area contributed by atoms with Crippen molar-refractivity contribution in [3.8, 4) is 0 Å². The zero-order chi connectivity index (χ0) is 12.5. The number of hydrogen-bond donors (Lipinski definition) is 0. The van der Waals surface area contributed by atoms with Gasteiger partial charge in [-0.2, -0.15) is 0 Å². The second-order valence-electron chi connectivity index (χ2n) is 5.26. The van der Waals surface area contributed by atoms with Crippen LogP contribution in [0.1, 0.15) is 25.7 Å². The van der Waals surface area contributed by atoms with Crippen LogP contribution < -0.4 is 0 Å². The molecule has 0 aromatic carbocycles. The highest BCUT2D eigenvalue weighted by atomic mass is 32.2. The Hall–Kier alpha value is -0.390. The topological polar surface area (TPSA) is 40.6 Å². The van der Waals surface area contributed by atoms with Crippen molar-refractivity contribution in [3.05, 3.63) is 12.7 Å². The summed E-state index contributed by atoms with van der Waals surface area (Å²) in [5.74, 6) is 0. The van der Waals surface area contributed by atoms with Crippen molar-refractivity contribution in [2.75, 3.05) is 32.4 Å². The molecule has 0 radical (unpaired) electrons. The van der Waals surface area contributed by atoms with Crippen LogP contribution in [-0.2, 0) is 10.0 Å². The average Bonchev–Trinajstić information content (AvgIpc) is 2.61. The molecule has 0 N–H and O–H groups in total. The molecule has 1 spiro atoms. The van der Waals surface area contributed by atoms with E-state index in [1.165, 1.54) is 12.7 Å². The van der Waals surface area contributed by atoms with Crippen LogP contribution in [0, 0.1) is 0 Å². The van der Waals surface area contributed by atoms with Crippen LogP contribution in [0.2, 0.25) is 0 Å². The molecule has 0 unspecified atom stereocenters. The van der Waals surface area contributed by atoms with E-state index in [9.17, 15) is 8.42 Å². The van der Waals surface area contributed by atoms with E-state index in [4.69, 9.17) is 0 Å². The number of rotatable bonds is 3. The Labute approximate surface area is 104 Å². The van der Waals surface area contributed by atoms with Crippen LogP contribution in [0.3, 0.4) is 0 Å². The normalized spacial score (nSPS) is 32.1. The van der Waals surface area contributed by atoms with E-state index in [1.807, 2.05) is 6.08 Å². The molecular weight excluding hydrogens is 236 g/mol. The lowest BCUT2D eigenvalue weighted by Gasteiger charge is -2.44. The van der Waals surface area contributed by atoms with Crippen LogP contribution in [0.25, 0.3) is 0 Å². The minimum absolute atomic E-state index is 0.0789. The van der Waals surface area contributed by atoms with Gasteiger partial charge in [0.15, 0.2) is 0 Å². The van der Waals surface area contributed by atoms with E-state index in [0.717, 1.165) is 32.4 Å². The highest BCUT2D eigenvalue weighted by molar-refractivity contribution is 7.88.